The molecule has 1 N–H and O–H groups in total. The first-order valence-electron chi connectivity index (χ1n) is 8.58. The Balaban J connectivity index is 1.76. The lowest BCUT2D eigenvalue weighted by Crippen LogP contribution is -2.22. The highest BCUT2D eigenvalue weighted by Crippen LogP contribution is 2.21. The van der Waals surface area contributed by atoms with Crippen molar-refractivity contribution in [2.45, 2.75) is 13.5 Å². The van der Waals surface area contributed by atoms with E-state index in [-0.39, 0.29) is 21.8 Å². The van der Waals surface area contributed by atoms with E-state index in [1.807, 2.05) is 30.5 Å². The maximum atomic E-state index is 13.2. The molecule has 0 spiro atoms. The molecule has 0 fully saturated rings. The number of hydrogen-bond donors (Lipinski definition) is 1. The standard InChI is InChI=1S/C20H16FN5OS/c1-13-19(27)26(20(28)24-23-13)22-10-15-12-25(18-5-3-2-4-17(15)18)11-14-6-8-16(21)9-7-14/h2-10,12H,11H2,1H3,(H,24,28)/b22-10-. The summed E-state index contributed by atoms with van der Waals surface area (Å²) in [5, 5.41) is 11.7. The zero-order valence-electron chi connectivity index (χ0n) is 15.0. The van der Waals surface area contributed by atoms with Crippen LogP contribution >= 0.6 is 12.2 Å². The molecule has 4 rings (SSSR count). The first kappa shape index (κ1) is 18.0. The summed E-state index contributed by atoms with van der Waals surface area (Å²) in [7, 11) is 0. The molecule has 4 aromatic rings. The van der Waals surface area contributed by atoms with Crippen LogP contribution in [-0.4, -0.2) is 25.7 Å². The number of nitrogens with zero attached hydrogens (tertiary/aromatic N) is 4. The molecule has 0 aliphatic rings. The van der Waals surface area contributed by atoms with Crippen LogP contribution in [-0.2, 0) is 6.54 Å². The lowest BCUT2D eigenvalue weighted by atomic mass is 10.2. The number of halogens is 1. The van der Waals surface area contributed by atoms with Gasteiger partial charge in [-0.3, -0.25) is 9.89 Å². The van der Waals surface area contributed by atoms with Gasteiger partial charge < -0.3 is 4.57 Å². The zero-order chi connectivity index (χ0) is 19.7. The van der Waals surface area contributed by atoms with Gasteiger partial charge in [0.05, 0.1) is 6.21 Å². The van der Waals surface area contributed by atoms with E-state index in [4.69, 9.17) is 12.2 Å². The Bertz CT molecular complexity index is 1300. The molecule has 0 radical (unpaired) electrons. The molecular weight excluding hydrogens is 377 g/mol. The third-order valence-electron chi connectivity index (χ3n) is 4.41. The van der Waals surface area contributed by atoms with Gasteiger partial charge in [0.25, 0.3) is 5.56 Å². The molecular formula is C20H16FN5OS. The van der Waals surface area contributed by atoms with Crippen molar-refractivity contribution in [1.82, 2.24) is 19.4 Å². The average molecular weight is 393 g/mol. The maximum absolute atomic E-state index is 13.2. The molecule has 0 atom stereocenters. The topological polar surface area (TPSA) is 68.0 Å². The molecule has 6 nitrogen and oxygen atoms in total. The largest absolute Gasteiger partial charge is 0.342 e. The number of benzene rings is 2. The fourth-order valence-corrected chi connectivity index (χ4v) is 3.17. The summed E-state index contributed by atoms with van der Waals surface area (Å²) in [5.41, 5.74) is 2.75. The minimum atomic E-state index is -0.366. The number of rotatable bonds is 4. The summed E-state index contributed by atoms with van der Waals surface area (Å²) < 4.78 is 16.5. The normalized spacial score (nSPS) is 11.5. The maximum Gasteiger partial charge on any atom is 0.296 e. The molecule has 2 aromatic carbocycles. The van der Waals surface area contributed by atoms with Crippen LogP contribution < -0.4 is 5.56 Å². The molecule has 140 valence electrons. The number of aryl methyl sites for hydroxylation is 1. The van der Waals surface area contributed by atoms with Gasteiger partial charge in [-0.1, -0.05) is 30.3 Å². The third kappa shape index (κ3) is 3.41. The van der Waals surface area contributed by atoms with Gasteiger partial charge in [0.2, 0.25) is 4.77 Å². The summed E-state index contributed by atoms with van der Waals surface area (Å²) in [4.78, 5) is 12.2. The number of para-hydroxylation sites is 1. The minimum Gasteiger partial charge on any atom is -0.342 e. The zero-order valence-corrected chi connectivity index (χ0v) is 15.8. The summed E-state index contributed by atoms with van der Waals surface area (Å²) in [6.45, 7) is 2.18. The van der Waals surface area contributed by atoms with Crippen molar-refractivity contribution in [3.63, 3.8) is 0 Å². The van der Waals surface area contributed by atoms with Crippen molar-refractivity contribution in [2.24, 2.45) is 5.10 Å². The summed E-state index contributed by atoms with van der Waals surface area (Å²) in [6, 6.07) is 14.3. The Morgan fingerprint density at radius 3 is 2.75 bits per heavy atom. The molecule has 0 saturated heterocycles. The van der Waals surface area contributed by atoms with E-state index in [0.29, 0.717) is 6.54 Å². The fraction of sp³-hybridized carbons (Fsp3) is 0.100. The summed E-state index contributed by atoms with van der Waals surface area (Å²) >= 11 is 5.11. The first-order chi connectivity index (χ1) is 13.5. The van der Waals surface area contributed by atoms with Crippen LogP contribution in [0.4, 0.5) is 4.39 Å². The van der Waals surface area contributed by atoms with E-state index >= 15 is 0 Å². The number of nitrogens with one attached hydrogen (secondary N) is 1. The second kappa shape index (κ2) is 7.32. The van der Waals surface area contributed by atoms with Crippen molar-refractivity contribution in [3.8, 4) is 0 Å². The van der Waals surface area contributed by atoms with Gasteiger partial charge in [0, 0.05) is 29.2 Å². The lowest BCUT2D eigenvalue weighted by Gasteiger charge is -2.05. The van der Waals surface area contributed by atoms with Gasteiger partial charge in [-0.05, 0) is 42.9 Å². The minimum absolute atomic E-state index is 0.127. The predicted molar refractivity (Wildman–Crippen MR) is 109 cm³/mol. The fourth-order valence-electron chi connectivity index (χ4n) is 2.99. The Labute approximate surface area is 164 Å². The Morgan fingerprint density at radius 1 is 1.21 bits per heavy atom. The van der Waals surface area contributed by atoms with E-state index in [1.165, 1.54) is 12.1 Å². The van der Waals surface area contributed by atoms with Crippen LogP contribution in [0.1, 0.15) is 16.8 Å². The van der Waals surface area contributed by atoms with Gasteiger partial charge in [-0.15, -0.1) is 0 Å². The van der Waals surface area contributed by atoms with Crippen molar-refractivity contribution >= 4 is 29.3 Å². The van der Waals surface area contributed by atoms with Gasteiger partial charge in [0.15, 0.2) is 0 Å². The SMILES string of the molecule is Cc1n[nH]c(=S)n(/N=C\c2cn(Cc3ccc(F)cc3)c3ccccc23)c1=O. The van der Waals surface area contributed by atoms with Gasteiger partial charge in [0.1, 0.15) is 11.5 Å². The van der Waals surface area contributed by atoms with Crippen LogP contribution in [0, 0.1) is 17.5 Å². The molecule has 0 aliphatic carbocycles. The number of aromatic amines is 1. The van der Waals surface area contributed by atoms with Crippen molar-refractivity contribution in [2.75, 3.05) is 0 Å². The van der Waals surface area contributed by atoms with Gasteiger partial charge >= 0.3 is 0 Å². The number of fused-ring (bicyclic) bond motifs is 1. The predicted octanol–water partition coefficient (Wildman–Crippen LogP) is 3.63. The smallest absolute Gasteiger partial charge is 0.296 e. The van der Waals surface area contributed by atoms with E-state index in [2.05, 4.69) is 19.9 Å². The lowest BCUT2D eigenvalue weighted by molar-refractivity contribution is 0.626. The Kier molecular flexibility index (Phi) is 4.70. The van der Waals surface area contributed by atoms with Crippen LogP contribution in [0.15, 0.2) is 64.6 Å². The van der Waals surface area contributed by atoms with Crippen LogP contribution in [0.2, 0.25) is 0 Å². The first-order valence-corrected chi connectivity index (χ1v) is 8.99. The Hall–Kier alpha value is -3.39. The number of aromatic nitrogens is 4. The molecule has 0 unspecified atom stereocenters. The van der Waals surface area contributed by atoms with E-state index < -0.39 is 0 Å². The van der Waals surface area contributed by atoms with Crippen molar-refractivity contribution < 1.29 is 4.39 Å². The highest BCUT2D eigenvalue weighted by molar-refractivity contribution is 7.71. The molecule has 2 aromatic heterocycles. The highest BCUT2D eigenvalue weighted by Gasteiger charge is 2.08. The van der Waals surface area contributed by atoms with Gasteiger partial charge in [-0.2, -0.15) is 14.9 Å². The van der Waals surface area contributed by atoms with Crippen LogP contribution in [0.3, 0.4) is 0 Å². The molecule has 0 amide bonds. The Morgan fingerprint density at radius 2 is 1.96 bits per heavy atom. The number of H-pyrrole nitrogens is 1. The number of hydrogen-bond acceptors (Lipinski definition) is 4. The van der Waals surface area contributed by atoms with Crippen LogP contribution in [0.5, 0.6) is 0 Å². The van der Waals surface area contributed by atoms with E-state index in [1.54, 1.807) is 25.3 Å². The summed E-state index contributed by atoms with van der Waals surface area (Å²) in [5.74, 6) is -0.261. The monoisotopic (exact) mass is 393 g/mol. The molecule has 2 heterocycles. The second-order valence-corrected chi connectivity index (χ2v) is 6.72. The highest BCUT2D eigenvalue weighted by atomic mass is 32.1. The molecule has 0 saturated carbocycles. The third-order valence-corrected chi connectivity index (χ3v) is 4.68. The molecule has 28 heavy (non-hydrogen) atoms. The average Bonchev–Trinajstić information content (AvgIpc) is 3.04. The van der Waals surface area contributed by atoms with E-state index in [0.717, 1.165) is 26.7 Å². The van der Waals surface area contributed by atoms with Crippen molar-refractivity contribution in [3.05, 3.63) is 92.5 Å². The van der Waals surface area contributed by atoms with Gasteiger partial charge in [-0.25, -0.2) is 4.39 Å². The van der Waals surface area contributed by atoms with Crippen LogP contribution in [0.25, 0.3) is 10.9 Å². The van der Waals surface area contributed by atoms with Crippen molar-refractivity contribution in [1.29, 1.82) is 0 Å². The summed E-state index contributed by atoms with van der Waals surface area (Å²) in [6.07, 6.45) is 3.55. The molecule has 0 aliphatic heterocycles. The molecule has 0 bridgehead atoms. The second-order valence-electron chi connectivity index (χ2n) is 6.33. The quantitative estimate of drug-likeness (QED) is 0.425. The molecule has 8 heteroatoms. The van der Waals surface area contributed by atoms with E-state index in [9.17, 15) is 9.18 Å².